The number of benzene rings is 3. The van der Waals surface area contributed by atoms with Gasteiger partial charge in [0.15, 0.2) is 5.96 Å². The highest BCUT2D eigenvalue weighted by molar-refractivity contribution is 6.35. The van der Waals surface area contributed by atoms with Crippen LogP contribution in [0.4, 0.5) is 0 Å². The van der Waals surface area contributed by atoms with Gasteiger partial charge in [-0.1, -0.05) is 85.6 Å². The van der Waals surface area contributed by atoms with E-state index >= 15 is 0 Å². The molecule has 1 aliphatic heterocycles. The summed E-state index contributed by atoms with van der Waals surface area (Å²) in [4.78, 5) is 18.5. The number of rotatable bonds is 12. The van der Waals surface area contributed by atoms with Crippen LogP contribution in [-0.4, -0.2) is 66.0 Å². The van der Waals surface area contributed by atoms with E-state index in [1.54, 1.807) is 12.1 Å². The van der Waals surface area contributed by atoms with Crippen molar-refractivity contribution < 1.29 is 4.79 Å². The predicted octanol–water partition coefficient (Wildman–Crippen LogP) is 5.45. The second-order valence-corrected chi connectivity index (χ2v) is 12.7. The lowest BCUT2D eigenvalue weighted by Gasteiger charge is -2.48. The molecular formula is C33H44Cl2N6O. The van der Waals surface area contributed by atoms with E-state index < -0.39 is 6.04 Å². The molecule has 0 spiro atoms. The Hall–Kier alpha value is -2.84. The van der Waals surface area contributed by atoms with Gasteiger partial charge in [-0.05, 0) is 72.1 Å². The Morgan fingerprint density at radius 2 is 1.81 bits per heavy atom. The van der Waals surface area contributed by atoms with Crippen molar-refractivity contribution in [3.05, 3.63) is 81.8 Å². The number of hydrogen-bond donors (Lipinski definition) is 4. The number of halogens is 2. The first-order chi connectivity index (χ1) is 20.1. The van der Waals surface area contributed by atoms with E-state index in [2.05, 4.69) is 66.5 Å². The molecule has 0 aromatic heterocycles. The lowest BCUT2D eigenvalue weighted by molar-refractivity contribution is -0.140. The molecular weight excluding hydrogens is 567 g/mol. The smallest absolute Gasteiger partial charge is 0.240 e. The van der Waals surface area contributed by atoms with Gasteiger partial charge in [0.05, 0.1) is 6.04 Å². The van der Waals surface area contributed by atoms with Crippen LogP contribution in [0.3, 0.4) is 0 Å². The summed E-state index contributed by atoms with van der Waals surface area (Å²) >= 11 is 12.5. The number of carbonyl (C=O) groups excluding carboxylic acids is 1. The van der Waals surface area contributed by atoms with Crippen molar-refractivity contribution in [2.24, 2.45) is 17.4 Å². The fraction of sp³-hybridized carbons (Fsp3) is 0.455. The zero-order valence-electron chi connectivity index (χ0n) is 24.7. The van der Waals surface area contributed by atoms with Gasteiger partial charge in [-0.2, -0.15) is 0 Å². The summed E-state index contributed by atoms with van der Waals surface area (Å²) in [7, 11) is 0. The predicted molar refractivity (Wildman–Crippen MR) is 175 cm³/mol. The summed E-state index contributed by atoms with van der Waals surface area (Å²) < 4.78 is 0. The number of fused-ring (bicyclic) bond motifs is 1. The van der Waals surface area contributed by atoms with Gasteiger partial charge in [0, 0.05) is 48.3 Å². The molecule has 9 heteroatoms. The summed E-state index contributed by atoms with van der Waals surface area (Å²) in [6, 6.07) is 20.0. The van der Waals surface area contributed by atoms with Crippen molar-refractivity contribution in [2.45, 2.75) is 64.1 Å². The topological polar surface area (TPSA) is 111 Å². The first-order valence-corrected chi connectivity index (χ1v) is 15.7. The van der Waals surface area contributed by atoms with Crippen molar-refractivity contribution in [1.82, 2.24) is 15.1 Å². The Kier molecular flexibility index (Phi) is 11.5. The van der Waals surface area contributed by atoms with E-state index in [9.17, 15) is 4.79 Å². The molecule has 0 saturated carbocycles. The van der Waals surface area contributed by atoms with E-state index in [0.29, 0.717) is 35.5 Å². The van der Waals surface area contributed by atoms with Gasteiger partial charge in [-0.15, -0.1) is 0 Å². The molecule has 3 atom stereocenters. The summed E-state index contributed by atoms with van der Waals surface area (Å²) in [6.07, 6.45) is 3.88. The first kappa shape index (κ1) is 32.1. The second kappa shape index (κ2) is 15.1. The molecule has 42 heavy (non-hydrogen) atoms. The maximum atomic E-state index is 13.9. The van der Waals surface area contributed by atoms with Gasteiger partial charge in [0.25, 0.3) is 0 Å². The number of nitrogens with two attached hydrogens (primary N) is 2. The quantitative estimate of drug-likeness (QED) is 0.124. The maximum absolute atomic E-state index is 13.9. The fourth-order valence-electron chi connectivity index (χ4n) is 6.02. The van der Waals surface area contributed by atoms with Crippen molar-refractivity contribution in [3.63, 3.8) is 0 Å². The maximum Gasteiger partial charge on any atom is 0.240 e. The molecule has 1 amide bonds. The van der Waals surface area contributed by atoms with Crippen LogP contribution >= 0.6 is 23.2 Å². The molecule has 226 valence electrons. The monoisotopic (exact) mass is 610 g/mol. The number of guanidine groups is 1. The molecule has 0 aliphatic carbocycles. The molecule has 1 aliphatic rings. The van der Waals surface area contributed by atoms with Gasteiger partial charge >= 0.3 is 0 Å². The third-order valence-electron chi connectivity index (χ3n) is 8.14. The highest BCUT2D eigenvalue weighted by atomic mass is 35.5. The molecule has 6 N–H and O–H groups in total. The Bertz CT molecular complexity index is 1370. The summed E-state index contributed by atoms with van der Waals surface area (Å²) in [6.45, 7) is 7.41. The van der Waals surface area contributed by atoms with Gasteiger partial charge < -0.3 is 21.7 Å². The van der Waals surface area contributed by atoms with E-state index in [1.165, 1.54) is 16.3 Å². The largest absolute Gasteiger partial charge is 0.370 e. The minimum atomic E-state index is -0.703. The van der Waals surface area contributed by atoms with Crippen LogP contribution < -0.4 is 16.8 Å². The zero-order valence-corrected chi connectivity index (χ0v) is 26.2. The van der Waals surface area contributed by atoms with E-state index in [4.69, 9.17) is 40.1 Å². The summed E-state index contributed by atoms with van der Waals surface area (Å²) in [5, 5.41) is 14.0. The number of amides is 1. The lowest BCUT2D eigenvalue weighted by Crippen LogP contribution is -2.63. The molecule has 3 aromatic carbocycles. The minimum absolute atomic E-state index is 0.0120. The summed E-state index contributed by atoms with van der Waals surface area (Å²) in [5.74, 6) is 0.406. The highest BCUT2D eigenvalue weighted by Gasteiger charge is 2.37. The first-order valence-electron chi connectivity index (χ1n) is 14.9. The SMILES string of the molecule is CC(C)C[C@@H]1CN(C(=O)[C@H](N)Cc2ccc(Cl)cc2Cl)[C@@H](CCCNC(=N)N)CN1CCc1ccc2ccccc2c1. The van der Waals surface area contributed by atoms with Crippen molar-refractivity contribution in [3.8, 4) is 0 Å². The summed E-state index contributed by atoms with van der Waals surface area (Å²) in [5.41, 5.74) is 14.2. The molecule has 1 fully saturated rings. The van der Waals surface area contributed by atoms with Crippen LogP contribution in [0.25, 0.3) is 10.8 Å². The number of nitrogens with zero attached hydrogens (tertiary/aromatic N) is 2. The average Bonchev–Trinajstić information content (AvgIpc) is 2.95. The van der Waals surface area contributed by atoms with Crippen LogP contribution in [0.15, 0.2) is 60.7 Å². The lowest BCUT2D eigenvalue weighted by atomic mass is 9.94. The number of nitrogens with one attached hydrogen (secondary N) is 2. The Balaban J connectivity index is 1.51. The molecule has 4 rings (SSSR count). The van der Waals surface area contributed by atoms with Gasteiger partial charge in [0.2, 0.25) is 5.91 Å². The average molecular weight is 612 g/mol. The molecule has 7 nitrogen and oxygen atoms in total. The highest BCUT2D eigenvalue weighted by Crippen LogP contribution is 2.27. The molecule has 0 unspecified atom stereocenters. The van der Waals surface area contributed by atoms with E-state index in [1.807, 2.05) is 11.0 Å². The normalized spacial score (nSPS) is 18.4. The fourth-order valence-corrected chi connectivity index (χ4v) is 6.51. The van der Waals surface area contributed by atoms with Crippen molar-refractivity contribution in [2.75, 3.05) is 26.2 Å². The number of piperazine rings is 1. The Morgan fingerprint density at radius 1 is 1.05 bits per heavy atom. The Labute approximate surface area is 260 Å². The van der Waals surface area contributed by atoms with Gasteiger partial charge in [-0.25, -0.2) is 0 Å². The molecule has 1 heterocycles. The zero-order chi connectivity index (χ0) is 30.2. The third-order valence-corrected chi connectivity index (χ3v) is 8.73. The van der Waals surface area contributed by atoms with Gasteiger partial charge in [0.1, 0.15) is 0 Å². The second-order valence-electron chi connectivity index (χ2n) is 11.9. The van der Waals surface area contributed by atoms with Crippen LogP contribution in [0.5, 0.6) is 0 Å². The van der Waals surface area contributed by atoms with Gasteiger partial charge in [-0.3, -0.25) is 15.1 Å². The standard InChI is InChI=1S/C33H44Cl2N6O/c1-22(2)16-29-21-41(32(42)31(36)18-26-11-12-27(34)19-30(26)35)28(8-5-14-39-33(37)38)20-40(29)15-13-23-9-10-24-6-3-4-7-25(24)17-23/h3-4,6-7,9-12,17,19,22,28-29,31H,5,8,13-16,18,20-21,36H2,1-2H3,(H4,37,38,39)/t28-,29+,31+/m0/s1. The van der Waals surface area contributed by atoms with Crippen LogP contribution in [-0.2, 0) is 17.6 Å². The third kappa shape index (κ3) is 8.83. The van der Waals surface area contributed by atoms with E-state index in [0.717, 1.165) is 44.3 Å². The Morgan fingerprint density at radius 3 is 2.52 bits per heavy atom. The van der Waals surface area contributed by atoms with Crippen LogP contribution in [0, 0.1) is 11.3 Å². The van der Waals surface area contributed by atoms with Crippen molar-refractivity contribution in [1.29, 1.82) is 5.41 Å². The molecule has 0 radical (unpaired) electrons. The number of carbonyl (C=O) groups is 1. The molecule has 3 aromatic rings. The van der Waals surface area contributed by atoms with Crippen LogP contribution in [0.2, 0.25) is 10.0 Å². The number of hydrogen-bond acceptors (Lipinski definition) is 4. The molecule has 0 bridgehead atoms. The minimum Gasteiger partial charge on any atom is -0.370 e. The van der Waals surface area contributed by atoms with Crippen LogP contribution in [0.1, 0.15) is 44.2 Å². The van der Waals surface area contributed by atoms with E-state index in [-0.39, 0.29) is 24.0 Å². The van der Waals surface area contributed by atoms with Crippen molar-refractivity contribution >= 4 is 45.8 Å². The molecule has 1 saturated heterocycles.